The van der Waals surface area contributed by atoms with Gasteiger partial charge < -0.3 is 4.74 Å². The minimum Gasteiger partial charge on any atom is -0.490 e. The molecule has 0 amide bonds. The van der Waals surface area contributed by atoms with Gasteiger partial charge in [-0.3, -0.25) is 0 Å². The monoisotopic (exact) mass is 485 g/mol. The molecule has 0 aliphatic rings. The van der Waals surface area contributed by atoms with Crippen LogP contribution < -0.4 is 4.74 Å². The first-order chi connectivity index (χ1) is 17.6. The molecule has 4 aromatic rings. The van der Waals surface area contributed by atoms with Crippen LogP contribution >= 0.6 is 0 Å². The molecule has 0 bridgehead atoms. The molecule has 0 radical (unpaired) electrons. The van der Waals surface area contributed by atoms with Crippen molar-refractivity contribution >= 4 is 10.8 Å². The summed E-state index contributed by atoms with van der Waals surface area (Å²) < 4.78 is 34.8. The summed E-state index contributed by atoms with van der Waals surface area (Å²) in [4.78, 5) is 8.85. The molecule has 0 saturated carbocycles. The van der Waals surface area contributed by atoms with Crippen molar-refractivity contribution in [3.8, 4) is 23.2 Å². The lowest BCUT2D eigenvalue weighted by Gasteiger charge is -2.09. The van der Waals surface area contributed by atoms with Gasteiger partial charge in [0.2, 0.25) is 0 Å². The Hall–Kier alpha value is -3.85. The van der Waals surface area contributed by atoms with E-state index in [4.69, 9.17) is 10.00 Å². The van der Waals surface area contributed by atoms with Crippen molar-refractivity contribution in [3.05, 3.63) is 89.2 Å². The van der Waals surface area contributed by atoms with Gasteiger partial charge >= 0.3 is 0 Å². The Bertz CT molecular complexity index is 1360. The van der Waals surface area contributed by atoms with Crippen molar-refractivity contribution < 1.29 is 13.5 Å². The normalized spacial score (nSPS) is 10.9. The Morgan fingerprint density at radius 3 is 2.44 bits per heavy atom. The molecule has 0 spiro atoms. The lowest BCUT2D eigenvalue weighted by atomic mass is 9.98. The molecule has 4 rings (SSSR count). The quantitative estimate of drug-likeness (QED) is 0.205. The second-order valence-electron chi connectivity index (χ2n) is 8.91. The first-order valence-electron chi connectivity index (χ1n) is 12.4. The van der Waals surface area contributed by atoms with Gasteiger partial charge in [0, 0.05) is 10.9 Å². The maximum absolute atomic E-state index is 15.2. The number of halogens is 2. The Morgan fingerprint density at radius 2 is 1.69 bits per heavy atom. The highest BCUT2D eigenvalue weighted by Gasteiger charge is 2.11. The highest BCUT2D eigenvalue weighted by Crippen LogP contribution is 2.27. The predicted molar refractivity (Wildman–Crippen MR) is 138 cm³/mol. The molecule has 6 heteroatoms. The summed E-state index contributed by atoms with van der Waals surface area (Å²) in [5.41, 5.74) is 2.10. The number of hydrogen-bond donors (Lipinski definition) is 0. The van der Waals surface area contributed by atoms with E-state index >= 15 is 4.39 Å². The fourth-order valence-electron chi connectivity index (χ4n) is 4.19. The van der Waals surface area contributed by atoms with Crippen LogP contribution in [0.25, 0.3) is 22.2 Å². The van der Waals surface area contributed by atoms with E-state index in [9.17, 15) is 4.39 Å². The Balaban J connectivity index is 1.41. The van der Waals surface area contributed by atoms with Crippen LogP contribution in [-0.2, 0) is 12.8 Å². The number of nitriles is 1. The van der Waals surface area contributed by atoms with Crippen LogP contribution in [0.2, 0.25) is 0 Å². The molecule has 1 heterocycles. The zero-order chi connectivity index (χ0) is 25.3. The van der Waals surface area contributed by atoms with Gasteiger partial charge in [-0.1, -0.05) is 62.9 Å². The van der Waals surface area contributed by atoms with Crippen LogP contribution in [0, 0.1) is 23.0 Å². The summed E-state index contributed by atoms with van der Waals surface area (Å²) >= 11 is 0. The van der Waals surface area contributed by atoms with E-state index in [2.05, 4.69) is 16.9 Å². The van der Waals surface area contributed by atoms with Gasteiger partial charge in [-0.25, -0.2) is 18.7 Å². The summed E-state index contributed by atoms with van der Waals surface area (Å²) in [6, 6.07) is 15.4. The number of benzene rings is 3. The lowest BCUT2D eigenvalue weighted by molar-refractivity contribution is 0.302. The molecule has 0 saturated heterocycles. The smallest absolute Gasteiger partial charge is 0.159 e. The zero-order valence-corrected chi connectivity index (χ0v) is 20.4. The number of unbranched alkanes of at least 4 members (excludes halogenated alkanes) is 4. The maximum Gasteiger partial charge on any atom is 0.159 e. The van der Waals surface area contributed by atoms with Crippen LogP contribution in [0.15, 0.2) is 60.9 Å². The highest BCUT2D eigenvalue weighted by atomic mass is 19.1. The molecule has 0 aliphatic carbocycles. The number of aromatic nitrogens is 2. The van der Waals surface area contributed by atoms with E-state index in [1.807, 2.05) is 24.3 Å². The van der Waals surface area contributed by atoms with Gasteiger partial charge in [0.15, 0.2) is 11.6 Å². The molecular weight excluding hydrogens is 456 g/mol. The lowest BCUT2D eigenvalue weighted by Crippen LogP contribution is -1.99. The highest BCUT2D eigenvalue weighted by molar-refractivity contribution is 5.87. The largest absolute Gasteiger partial charge is 0.490 e. The summed E-state index contributed by atoms with van der Waals surface area (Å²) in [5.74, 6) is 0.370. The molecule has 3 aromatic carbocycles. The number of ether oxygens (including phenoxy) is 1. The van der Waals surface area contributed by atoms with Gasteiger partial charge in [-0.05, 0) is 54.0 Å². The molecule has 36 heavy (non-hydrogen) atoms. The van der Waals surface area contributed by atoms with Crippen LogP contribution in [0.1, 0.15) is 55.7 Å². The van der Waals surface area contributed by atoms with Crippen molar-refractivity contribution in [1.82, 2.24) is 9.97 Å². The average molecular weight is 486 g/mol. The van der Waals surface area contributed by atoms with Crippen molar-refractivity contribution in [1.29, 1.82) is 5.26 Å². The van der Waals surface area contributed by atoms with E-state index in [1.54, 1.807) is 30.6 Å². The minimum absolute atomic E-state index is 0.00962. The van der Waals surface area contributed by atoms with Crippen LogP contribution in [0.4, 0.5) is 8.78 Å². The van der Waals surface area contributed by atoms with Crippen LogP contribution in [-0.4, -0.2) is 16.6 Å². The summed E-state index contributed by atoms with van der Waals surface area (Å²) in [6.45, 7) is 2.86. The maximum atomic E-state index is 15.2. The Labute approximate surface area is 210 Å². The van der Waals surface area contributed by atoms with E-state index in [1.165, 1.54) is 31.4 Å². The molecule has 0 atom stereocenters. The second kappa shape index (κ2) is 12.2. The third-order valence-corrected chi connectivity index (χ3v) is 6.27. The van der Waals surface area contributed by atoms with Gasteiger partial charge in [-0.15, -0.1) is 0 Å². The van der Waals surface area contributed by atoms with Crippen molar-refractivity contribution in [3.63, 3.8) is 0 Å². The first-order valence-corrected chi connectivity index (χ1v) is 12.4. The standard InChI is InChI=1S/C30H29F2N3O/c1-2-3-4-5-6-15-36-26-19-34-30(35-20-26)24-13-14-27-23(17-24)12-11-22(29(27)32)9-7-21-8-10-25(18-33)28(31)16-21/h8,10-14,16-17,19-20H,2-7,9,15H2,1H3. The number of hydrogen-bond acceptors (Lipinski definition) is 4. The fraction of sp³-hybridized carbons (Fsp3) is 0.300. The molecule has 0 N–H and O–H groups in total. The summed E-state index contributed by atoms with van der Waals surface area (Å²) in [5, 5.41) is 10.1. The van der Waals surface area contributed by atoms with Crippen molar-refractivity contribution in [2.24, 2.45) is 0 Å². The fourth-order valence-corrected chi connectivity index (χ4v) is 4.19. The van der Waals surface area contributed by atoms with Gasteiger partial charge in [-0.2, -0.15) is 5.26 Å². The van der Waals surface area contributed by atoms with E-state index in [0.29, 0.717) is 42.0 Å². The number of fused-ring (bicyclic) bond motifs is 1. The topological polar surface area (TPSA) is 58.8 Å². The van der Waals surface area contributed by atoms with Gasteiger partial charge in [0.1, 0.15) is 17.7 Å². The Kier molecular flexibility index (Phi) is 8.57. The van der Waals surface area contributed by atoms with E-state index in [0.717, 1.165) is 29.4 Å². The molecular formula is C30H29F2N3O. The average Bonchev–Trinajstić information content (AvgIpc) is 2.90. The first kappa shape index (κ1) is 25.2. The second-order valence-corrected chi connectivity index (χ2v) is 8.91. The van der Waals surface area contributed by atoms with E-state index < -0.39 is 5.82 Å². The predicted octanol–water partition coefficient (Wildman–Crippen LogP) is 7.58. The van der Waals surface area contributed by atoms with Crippen LogP contribution in [0.5, 0.6) is 5.75 Å². The molecule has 0 aliphatic heterocycles. The number of rotatable bonds is 11. The summed E-state index contributed by atoms with van der Waals surface area (Å²) in [6.07, 6.45) is 10.1. The van der Waals surface area contributed by atoms with Crippen LogP contribution in [0.3, 0.4) is 0 Å². The third kappa shape index (κ3) is 6.23. The zero-order valence-electron chi connectivity index (χ0n) is 20.4. The molecule has 0 fully saturated rings. The molecule has 0 unspecified atom stereocenters. The minimum atomic E-state index is -0.550. The number of aryl methyl sites for hydroxylation is 2. The molecule has 4 nitrogen and oxygen atoms in total. The molecule has 184 valence electrons. The van der Waals surface area contributed by atoms with Crippen molar-refractivity contribution in [2.45, 2.75) is 51.9 Å². The SMILES string of the molecule is CCCCCCCOc1cnc(-c2ccc3c(F)c(CCc4ccc(C#N)c(F)c4)ccc3c2)nc1. The van der Waals surface area contributed by atoms with Gasteiger partial charge in [0.25, 0.3) is 0 Å². The Morgan fingerprint density at radius 1 is 0.889 bits per heavy atom. The summed E-state index contributed by atoms with van der Waals surface area (Å²) in [7, 11) is 0. The van der Waals surface area contributed by atoms with Crippen molar-refractivity contribution in [2.75, 3.05) is 6.61 Å². The molecule has 1 aromatic heterocycles. The number of nitrogens with zero attached hydrogens (tertiary/aromatic N) is 3. The van der Waals surface area contributed by atoms with Gasteiger partial charge in [0.05, 0.1) is 24.6 Å². The van der Waals surface area contributed by atoms with E-state index in [-0.39, 0.29) is 11.4 Å². The third-order valence-electron chi connectivity index (χ3n) is 6.27.